The molecule has 37 heavy (non-hydrogen) atoms. The number of aryl methyl sites for hydroxylation is 1. The van der Waals surface area contributed by atoms with Crippen LogP contribution >= 0.6 is 0 Å². The number of nitrogens with zero attached hydrogens (tertiary/aromatic N) is 5. The number of hydrogen-bond donors (Lipinski definition) is 3. The van der Waals surface area contributed by atoms with Crippen LogP contribution in [0.5, 0.6) is 0 Å². The predicted molar refractivity (Wildman–Crippen MR) is 132 cm³/mol. The van der Waals surface area contributed by atoms with Crippen molar-refractivity contribution >= 4 is 23.6 Å². The molecule has 4 rings (SSSR count). The number of aliphatic hydroxyl groups excluding tert-OH is 1. The van der Waals surface area contributed by atoms with Gasteiger partial charge in [-0.1, -0.05) is 6.92 Å². The Balaban J connectivity index is 1.61. The second-order valence-corrected chi connectivity index (χ2v) is 8.99. The van der Waals surface area contributed by atoms with E-state index in [-0.39, 0.29) is 24.2 Å². The van der Waals surface area contributed by atoms with Crippen molar-refractivity contribution in [2.24, 2.45) is 13.0 Å². The van der Waals surface area contributed by atoms with E-state index < -0.39 is 47.8 Å². The molecule has 2 amide bonds. The molecule has 1 aromatic carbocycles. The highest BCUT2D eigenvalue weighted by molar-refractivity contribution is 6.05. The Morgan fingerprint density at radius 3 is 2.65 bits per heavy atom. The second kappa shape index (κ2) is 10.6. The number of anilines is 2. The van der Waals surface area contributed by atoms with E-state index in [1.54, 1.807) is 36.9 Å². The van der Waals surface area contributed by atoms with Gasteiger partial charge in [0.1, 0.15) is 23.5 Å². The monoisotopic (exact) mass is 513 g/mol. The number of carbonyl (C=O) groups is 2. The number of nitrogen functional groups attached to an aromatic ring is 1. The van der Waals surface area contributed by atoms with Crippen LogP contribution in [-0.4, -0.2) is 55.8 Å². The van der Waals surface area contributed by atoms with Crippen molar-refractivity contribution in [1.29, 1.82) is 0 Å². The maximum Gasteiger partial charge on any atom is 0.252 e. The van der Waals surface area contributed by atoms with Crippen molar-refractivity contribution in [3.63, 3.8) is 0 Å². The van der Waals surface area contributed by atoms with Crippen molar-refractivity contribution in [1.82, 2.24) is 24.8 Å². The lowest BCUT2D eigenvalue weighted by Crippen LogP contribution is -2.72. The number of aliphatic hydroxyl groups is 1. The fourth-order valence-corrected chi connectivity index (χ4v) is 4.66. The summed E-state index contributed by atoms with van der Waals surface area (Å²) >= 11 is 0. The Kier molecular flexibility index (Phi) is 7.50. The molecule has 0 bridgehead atoms. The first kappa shape index (κ1) is 26.2. The maximum atomic E-state index is 14.4. The number of amides is 2. The molecule has 1 fully saturated rings. The molecular weight excluding hydrogens is 484 g/mol. The maximum absolute atomic E-state index is 14.4. The van der Waals surface area contributed by atoms with Crippen LogP contribution in [0.25, 0.3) is 0 Å². The normalized spacial score (nSPS) is 18.9. The molecule has 0 saturated carbocycles. The van der Waals surface area contributed by atoms with E-state index in [0.29, 0.717) is 11.5 Å². The number of likely N-dealkylation sites (tertiary alicyclic amines) is 1. The van der Waals surface area contributed by atoms with E-state index in [2.05, 4.69) is 15.3 Å². The number of likely N-dealkylation sites (N-methyl/N-ethyl adjacent to an activating group) is 1. The predicted octanol–water partition coefficient (Wildman–Crippen LogP) is 1.72. The van der Waals surface area contributed by atoms with Gasteiger partial charge >= 0.3 is 0 Å². The SMILES string of the molecule is CC[C@@H](NC(O)N1C(=O)[C@H](Cc2ccnc(N)c2)[C@H]1C(=O)N(C)c1nccn1C)c1cc(F)ccc1F. The summed E-state index contributed by atoms with van der Waals surface area (Å²) in [5.74, 6) is -2.39. The first-order valence-electron chi connectivity index (χ1n) is 11.8. The molecule has 10 nitrogen and oxygen atoms in total. The minimum Gasteiger partial charge on any atom is -0.384 e. The van der Waals surface area contributed by atoms with Crippen LogP contribution in [0, 0.1) is 17.6 Å². The largest absolute Gasteiger partial charge is 0.384 e. The lowest BCUT2D eigenvalue weighted by Gasteiger charge is -2.49. The molecule has 12 heteroatoms. The Bertz CT molecular complexity index is 1300. The van der Waals surface area contributed by atoms with Gasteiger partial charge in [-0.15, -0.1) is 0 Å². The second-order valence-electron chi connectivity index (χ2n) is 8.99. The summed E-state index contributed by atoms with van der Waals surface area (Å²) in [6, 6.07) is 4.48. The van der Waals surface area contributed by atoms with Crippen LogP contribution in [-0.2, 0) is 23.1 Å². The molecule has 1 unspecified atom stereocenters. The number of nitrogens with two attached hydrogens (primary N) is 1. The molecule has 196 valence electrons. The van der Waals surface area contributed by atoms with Crippen LogP contribution in [0.3, 0.4) is 0 Å². The number of imidazole rings is 1. The standard InChI is InChI=1S/C25H29F2N7O3/c1-4-19(16-13-15(26)5-6-18(16)27)31-25(37)34-21(23(36)33(3)24-30-9-10-32(24)2)17(22(34)35)11-14-7-8-29-20(28)12-14/h5-10,12-13,17,19,21,25,31,37H,4,11H2,1-3H3,(H2,28,29)/t17-,19-,21+,25?/m1/s1. The first-order chi connectivity index (χ1) is 17.6. The first-order valence-corrected chi connectivity index (χ1v) is 11.8. The average Bonchev–Trinajstić information content (AvgIpc) is 3.30. The van der Waals surface area contributed by atoms with Gasteiger partial charge in [0.2, 0.25) is 11.9 Å². The van der Waals surface area contributed by atoms with Gasteiger partial charge in [0.05, 0.1) is 5.92 Å². The number of carbonyl (C=O) groups excluding carboxylic acids is 2. The molecule has 1 aliphatic rings. The van der Waals surface area contributed by atoms with E-state index in [1.807, 2.05) is 0 Å². The van der Waals surface area contributed by atoms with Crippen molar-refractivity contribution in [2.45, 2.75) is 38.2 Å². The summed E-state index contributed by atoms with van der Waals surface area (Å²) in [5.41, 5.74) is 6.49. The van der Waals surface area contributed by atoms with Crippen LogP contribution in [0.1, 0.15) is 30.5 Å². The Labute approximate surface area is 212 Å². The number of aromatic nitrogens is 3. The lowest BCUT2D eigenvalue weighted by atomic mass is 9.81. The summed E-state index contributed by atoms with van der Waals surface area (Å²) in [7, 11) is 3.26. The summed E-state index contributed by atoms with van der Waals surface area (Å²) in [6.07, 6.45) is 3.56. The number of benzene rings is 1. The van der Waals surface area contributed by atoms with E-state index in [0.717, 1.165) is 23.1 Å². The summed E-state index contributed by atoms with van der Waals surface area (Å²) in [6.45, 7) is 1.72. The molecule has 4 N–H and O–H groups in total. The number of rotatable bonds is 9. The minimum absolute atomic E-state index is 0.00587. The lowest BCUT2D eigenvalue weighted by molar-refractivity contribution is -0.183. The van der Waals surface area contributed by atoms with Crippen LogP contribution < -0.4 is 16.0 Å². The molecule has 1 aliphatic heterocycles. The number of pyridine rings is 1. The van der Waals surface area contributed by atoms with Crippen LogP contribution in [0.4, 0.5) is 20.5 Å². The molecular formula is C25H29F2N7O3. The quantitative estimate of drug-likeness (QED) is 0.294. The third-order valence-electron chi connectivity index (χ3n) is 6.59. The number of β-lactam (4-membered cyclic amide) rings is 1. The highest BCUT2D eigenvalue weighted by Gasteiger charge is 2.55. The van der Waals surface area contributed by atoms with E-state index in [1.165, 1.54) is 24.3 Å². The van der Waals surface area contributed by atoms with Gasteiger partial charge in [-0.2, -0.15) is 0 Å². The molecule has 0 aliphatic carbocycles. The molecule has 2 aromatic heterocycles. The molecule has 1 saturated heterocycles. The summed E-state index contributed by atoms with van der Waals surface area (Å²) in [4.78, 5) is 37.4. The third-order valence-corrected chi connectivity index (χ3v) is 6.59. The van der Waals surface area contributed by atoms with Gasteiger partial charge in [-0.05, 0) is 48.7 Å². The average molecular weight is 514 g/mol. The van der Waals surface area contributed by atoms with Crippen molar-refractivity contribution in [3.8, 4) is 0 Å². The van der Waals surface area contributed by atoms with Gasteiger partial charge in [0, 0.05) is 44.3 Å². The van der Waals surface area contributed by atoms with E-state index >= 15 is 0 Å². The fraction of sp³-hybridized carbons (Fsp3) is 0.360. The zero-order chi connectivity index (χ0) is 26.9. The Morgan fingerprint density at radius 1 is 1.24 bits per heavy atom. The van der Waals surface area contributed by atoms with Gasteiger partial charge in [-0.3, -0.25) is 24.7 Å². The summed E-state index contributed by atoms with van der Waals surface area (Å²) in [5, 5.41) is 13.8. The zero-order valence-corrected chi connectivity index (χ0v) is 20.7. The van der Waals surface area contributed by atoms with Crippen LogP contribution in [0.2, 0.25) is 0 Å². The third kappa shape index (κ3) is 5.16. The van der Waals surface area contributed by atoms with Gasteiger partial charge in [-0.25, -0.2) is 18.7 Å². The highest BCUT2D eigenvalue weighted by Crippen LogP contribution is 2.34. The number of hydrogen-bond acceptors (Lipinski definition) is 7. The minimum atomic E-state index is -1.64. The fourth-order valence-electron chi connectivity index (χ4n) is 4.66. The van der Waals surface area contributed by atoms with Crippen molar-refractivity contribution in [3.05, 3.63) is 71.7 Å². The van der Waals surface area contributed by atoms with E-state index in [9.17, 15) is 23.5 Å². The Morgan fingerprint density at radius 2 is 2.00 bits per heavy atom. The topological polar surface area (TPSA) is 130 Å². The van der Waals surface area contributed by atoms with Crippen molar-refractivity contribution in [2.75, 3.05) is 17.7 Å². The molecule has 4 atom stereocenters. The molecule has 3 aromatic rings. The van der Waals surface area contributed by atoms with Gasteiger partial charge in [0.15, 0.2) is 6.35 Å². The van der Waals surface area contributed by atoms with Crippen molar-refractivity contribution < 1.29 is 23.5 Å². The zero-order valence-electron chi connectivity index (χ0n) is 20.7. The molecule has 0 spiro atoms. The Hall–Kier alpha value is -3.90. The summed E-state index contributed by atoms with van der Waals surface area (Å²) < 4.78 is 29.9. The molecule has 0 radical (unpaired) electrons. The van der Waals surface area contributed by atoms with Gasteiger partial charge in [0.25, 0.3) is 5.91 Å². The number of nitrogens with one attached hydrogen (secondary N) is 1. The number of halogens is 2. The molecule has 3 heterocycles. The van der Waals surface area contributed by atoms with E-state index in [4.69, 9.17) is 5.73 Å². The highest BCUT2D eigenvalue weighted by atomic mass is 19.1. The van der Waals surface area contributed by atoms with Crippen LogP contribution in [0.15, 0.2) is 48.9 Å². The van der Waals surface area contributed by atoms with Gasteiger partial charge < -0.3 is 15.4 Å². The smallest absolute Gasteiger partial charge is 0.252 e.